The van der Waals surface area contributed by atoms with Crippen LogP contribution in [0.25, 0.3) is 0 Å². The Morgan fingerprint density at radius 1 is 0.960 bits per heavy atom. The van der Waals surface area contributed by atoms with Crippen molar-refractivity contribution >= 4 is 0 Å². The van der Waals surface area contributed by atoms with Crippen LogP contribution in [0, 0.1) is 0 Å². The van der Waals surface area contributed by atoms with Crippen LogP contribution in [0.2, 0.25) is 0 Å². The lowest BCUT2D eigenvalue weighted by molar-refractivity contribution is -0.145. The fourth-order valence-electron chi connectivity index (χ4n) is 3.61. The van der Waals surface area contributed by atoms with Gasteiger partial charge in [0.1, 0.15) is 12.2 Å². The van der Waals surface area contributed by atoms with Crippen LogP contribution >= 0.6 is 0 Å². The van der Waals surface area contributed by atoms with Gasteiger partial charge in [-0.25, -0.2) is 0 Å². The fraction of sp³-hybridized carbons (Fsp3) is 1.00. The summed E-state index contributed by atoms with van der Waals surface area (Å²) in [5.74, 6) is 0. The fourth-order valence-corrected chi connectivity index (χ4v) is 3.61. The van der Waals surface area contributed by atoms with Crippen molar-refractivity contribution < 1.29 is 25.2 Å². The van der Waals surface area contributed by atoms with Crippen LogP contribution in [0.5, 0.6) is 0 Å². The van der Waals surface area contributed by atoms with Crippen molar-refractivity contribution in [3.05, 3.63) is 0 Å². The zero-order chi connectivity index (χ0) is 18.7. The number of unbranched alkanes of at least 4 members (excludes halogenated alkanes) is 3. The predicted molar refractivity (Wildman–Crippen MR) is 98.5 cm³/mol. The van der Waals surface area contributed by atoms with Crippen LogP contribution in [-0.2, 0) is 4.74 Å². The van der Waals surface area contributed by atoms with Gasteiger partial charge in [-0.2, -0.15) is 0 Å². The molecule has 0 bridgehead atoms. The number of rotatable bonds is 13. The Labute approximate surface area is 152 Å². The zero-order valence-electron chi connectivity index (χ0n) is 16.0. The summed E-state index contributed by atoms with van der Waals surface area (Å²) in [5.41, 5.74) is 0. The Kier molecular flexibility index (Phi) is 11.9. The van der Waals surface area contributed by atoms with Gasteiger partial charge in [-0.1, -0.05) is 39.5 Å². The van der Waals surface area contributed by atoms with E-state index in [1.807, 2.05) is 4.90 Å². The first-order valence-electron chi connectivity index (χ1n) is 10.1. The van der Waals surface area contributed by atoms with E-state index < -0.39 is 24.4 Å². The summed E-state index contributed by atoms with van der Waals surface area (Å²) in [6.07, 6.45) is 5.93. The molecule has 1 heterocycles. The molecule has 0 aliphatic carbocycles. The molecule has 4 N–H and O–H groups in total. The minimum absolute atomic E-state index is 0.213. The van der Waals surface area contributed by atoms with E-state index in [4.69, 9.17) is 4.74 Å². The van der Waals surface area contributed by atoms with Gasteiger partial charge in [-0.05, 0) is 32.2 Å². The van der Waals surface area contributed by atoms with E-state index >= 15 is 0 Å². The molecule has 6 heteroatoms. The van der Waals surface area contributed by atoms with Crippen molar-refractivity contribution in [1.82, 2.24) is 4.90 Å². The molecule has 150 valence electrons. The molecule has 1 saturated heterocycles. The molecular formula is C19H39NO5. The van der Waals surface area contributed by atoms with Crippen molar-refractivity contribution in [2.24, 2.45) is 0 Å². The van der Waals surface area contributed by atoms with E-state index in [-0.39, 0.29) is 6.61 Å². The molecule has 25 heavy (non-hydrogen) atoms. The molecule has 0 aromatic rings. The molecular weight excluding hydrogens is 322 g/mol. The predicted octanol–water partition coefficient (Wildman–Crippen LogP) is 1.29. The molecule has 1 aliphatic rings. The minimum Gasteiger partial charge on any atom is -0.395 e. The average molecular weight is 362 g/mol. The van der Waals surface area contributed by atoms with Crippen molar-refractivity contribution in [3.63, 3.8) is 0 Å². The van der Waals surface area contributed by atoms with Crippen LogP contribution in [0.15, 0.2) is 0 Å². The molecule has 1 fully saturated rings. The monoisotopic (exact) mass is 361 g/mol. The highest BCUT2D eigenvalue weighted by Crippen LogP contribution is 2.19. The standard InChI is InChI=1S/C19H39NO5/c1-3-9-15(10-4-2)25-12-8-6-5-7-11-20-13-17(22)19(24)18(23)16(20)14-21/h15-19,21-24H,3-14H2,1-2H3/t16-,17+,18-,19-/m1/s1. The van der Waals surface area contributed by atoms with E-state index in [2.05, 4.69) is 13.8 Å². The van der Waals surface area contributed by atoms with E-state index in [0.29, 0.717) is 19.2 Å². The molecule has 0 aromatic carbocycles. The number of hydrogen-bond acceptors (Lipinski definition) is 6. The van der Waals surface area contributed by atoms with Gasteiger partial charge < -0.3 is 25.2 Å². The first-order chi connectivity index (χ1) is 12.0. The average Bonchev–Trinajstić information content (AvgIpc) is 2.59. The summed E-state index contributed by atoms with van der Waals surface area (Å²) < 4.78 is 5.96. The maximum atomic E-state index is 9.96. The minimum atomic E-state index is -1.18. The number of aliphatic hydroxyl groups excluding tert-OH is 4. The van der Waals surface area contributed by atoms with Gasteiger partial charge in [0.2, 0.25) is 0 Å². The Bertz CT molecular complexity index is 325. The highest BCUT2D eigenvalue weighted by atomic mass is 16.5. The Balaban J connectivity index is 2.16. The number of likely N-dealkylation sites (tertiary alicyclic amines) is 1. The van der Waals surface area contributed by atoms with Gasteiger partial charge in [0.25, 0.3) is 0 Å². The van der Waals surface area contributed by atoms with Gasteiger partial charge in [-0.15, -0.1) is 0 Å². The topological polar surface area (TPSA) is 93.4 Å². The maximum absolute atomic E-state index is 9.96. The van der Waals surface area contributed by atoms with Crippen LogP contribution in [0.3, 0.4) is 0 Å². The number of piperidine rings is 1. The summed E-state index contributed by atoms with van der Waals surface area (Å²) in [5, 5.41) is 38.9. The summed E-state index contributed by atoms with van der Waals surface area (Å²) in [7, 11) is 0. The number of nitrogens with zero attached hydrogens (tertiary/aromatic N) is 1. The smallest absolute Gasteiger partial charge is 0.109 e. The van der Waals surface area contributed by atoms with Crippen molar-refractivity contribution in [1.29, 1.82) is 0 Å². The lowest BCUT2D eigenvalue weighted by Crippen LogP contribution is -2.62. The SMILES string of the molecule is CCCC(CCC)OCCCCCCN1C[C@H](O)[C@@H](O)[C@H](O)[C@H]1CO. The third-order valence-electron chi connectivity index (χ3n) is 5.13. The quantitative estimate of drug-likeness (QED) is 0.370. The van der Waals surface area contributed by atoms with Gasteiger partial charge >= 0.3 is 0 Å². The molecule has 0 amide bonds. The maximum Gasteiger partial charge on any atom is 0.109 e. The van der Waals surface area contributed by atoms with Crippen molar-refractivity contribution in [2.75, 3.05) is 26.3 Å². The molecule has 4 atom stereocenters. The Morgan fingerprint density at radius 2 is 1.60 bits per heavy atom. The molecule has 0 unspecified atom stereocenters. The molecule has 1 aliphatic heterocycles. The van der Waals surface area contributed by atoms with Crippen LogP contribution in [0.1, 0.15) is 65.2 Å². The number of ether oxygens (including phenoxy) is 1. The van der Waals surface area contributed by atoms with Crippen LogP contribution < -0.4 is 0 Å². The van der Waals surface area contributed by atoms with E-state index in [9.17, 15) is 20.4 Å². The lowest BCUT2D eigenvalue weighted by atomic mass is 9.94. The Morgan fingerprint density at radius 3 is 2.20 bits per heavy atom. The van der Waals surface area contributed by atoms with Gasteiger partial charge in [0.15, 0.2) is 0 Å². The lowest BCUT2D eigenvalue weighted by Gasteiger charge is -2.43. The van der Waals surface area contributed by atoms with E-state index in [1.54, 1.807) is 0 Å². The first kappa shape index (κ1) is 22.8. The summed E-state index contributed by atoms with van der Waals surface area (Å²) in [6.45, 7) is 5.99. The van der Waals surface area contributed by atoms with Crippen molar-refractivity contribution in [3.8, 4) is 0 Å². The second-order valence-corrected chi connectivity index (χ2v) is 7.28. The second kappa shape index (κ2) is 13.0. The van der Waals surface area contributed by atoms with Crippen LogP contribution in [-0.4, -0.2) is 82.1 Å². The Hall–Kier alpha value is -0.240. The molecule has 0 aromatic heterocycles. The van der Waals surface area contributed by atoms with Crippen LogP contribution in [0.4, 0.5) is 0 Å². The third-order valence-corrected chi connectivity index (χ3v) is 5.13. The molecule has 0 radical (unpaired) electrons. The first-order valence-corrected chi connectivity index (χ1v) is 10.1. The number of hydrogen-bond donors (Lipinski definition) is 4. The summed E-state index contributed by atoms with van der Waals surface area (Å²) >= 11 is 0. The largest absolute Gasteiger partial charge is 0.395 e. The third kappa shape index (κ3) is 7.89. The van der Waals surface area contributed by atoms with Gasteiger partial charge in [0.05, 0.1) is 24.9 Å². The second-order valence-electron chi connectivity index (χ2n) is 7.28. The molecule has 0 spiro atoms. The summed E-state index contributed by atoms with van der Waals surface area (Å²) in [6, 6.07) is -0.495. The molecule has 0 saturated carbocycles. The number of β-amino-alcohol motifs (C(OH)–C–C–N with tert-alkyl or cyclic N) is 1. The normalized spacial score (nSPS) is 28.0. The van der Waals surface area contributed by atoms with Crippen molar-refractivity contribution in [2.45, 2.75) is 95.7 Å². The van der Waals surface area contributed by atoms with E-state index in [1.165, 1.54) is 12.8 Å². The molecule has 6 nitrogen and oxygen atoms in total. The van der Waals surface area contributed by atoms with Gasteiger partial charge in [0, 0.05) is 13.2 Å². The number of aliphatic hydroxyl groups is 4. The van der Waals surface area contributed by atoms with E-state index in [0.717, 1.165) is 45.1 Å². The molecule has 1 rings (SSSR count). The highest BCUT2D eigenvalue weighted by molar-refractivity contribution is 4.93. The zero-order valence-corrected chi connectivity index (χ0v) is 16.0. The van der Waals surface area contributed by atoms with Gasteiger partial charge in [-0.3, -0.25) is 4.90 Å². The highest BCUT2D eigenvalue weighted by Gasteiger charge is 2.40. The summed E-state index contributed by atoms with van der Waals surface area (Å²) in [4.78, 5) is 1.89.